The van der Waals surface area contributed by atoms with Crippen LogP contribution in [0.25, 0.3) is 0 Å². The van der Waals surface area contributed by atoms with E-state index in [2.05, 4.69) is 0 Å². The summed E-state index contributed by atoms with van der Waals surface area (Å²) in [4.78, 5) is 0. The molecule has 0 aromatic carbocycles. The van der Waals surface area contributed by atoms with Gasteiger partial charge in [0.2, 0.25) is 0 Å². The van der Waals surface area contributed by atoms with E-state index in [0.717, 1.165) is 0 Å². The van der Waals surface area contributed by atoms with E-state index in [1.165, 1.54) is 0 Å². The molecule has 0 aromatic heterocycles. The van der Waals surface area contributed by atoms with E-state index in [0.29, 0.717) is 0 Å². The number of hydrogen-bond acceptors (Lipinski definition) is 0. The van der Waals surface area contributed by atoms with Crippen LogP contribution in [0.3, 0.4) is 0 Å². The molecule has 0 aliphatic heterocycles. The smallest absolute Gasteiger partial charge is 1.00 e. The molecule has 0 aliphatic rings. The van der Waals surface area contributed by atoms with Gasteiger partial charge in [-0.2, -0.15) is 0 Å². The Morgan fingerprint density at radius 3 is 1.25 bits per heavy atom. The Morgan fingerprint density at radius 1 is 1.25 bits per heavy atom. The van der Waals surface area contributed by atoms with E-state index in [-0.39, 0.29) is 102 Å². The van der Waals surface area contributed by atoms with Gasteiger partial charge in [-0.1, -0.05) is 0 Å². The molecule has 22 valence electrons. The van der Waals surface area contributed by atoms with Gasteiger partial charge in [0.15, 0.2) is 17.4 Å². The quantitative estimate of drug-likeness (QED) is 0.407. The molecule has 0 atom stereocenters. The van der Waals surface area contributed by atoms with Crippen LogP contribution < -0.4 is 0 Å². The van der Waals surface area contributed by atoms with Crippen molar-refractivity contribution in [3.05, 3.63) is 0 Å². The maximum atomic E-state index is 0. The first-order valence-corrected chi connectivity index (χ1v) is 0. The fraction of sp³-hybridized carbons (Fsp3) is 0. The fourth-order valence-electron chi connectivity index (χ4n) is 0. The van der Waals surface area contributed by atoms with Crippen LogP contribution in [-0.4, -0.2) is 77.2 Å². The molecule has 4 heteroatoms. The summed E-state index contributed by atoms with van der Waals surface area (Å²) in [7, 11) is 0. The van der Waals surface area contributed by atoms with E-state index < -0.39 is 0 Å². The van der Waals surface area contributed by atoms with Gasteiger partial charge in [0.1, 0.15) is 0 Å². The van der Waals surface area contributed by atoms with Gasteiger partial charge >= 0.3 is 48.9 Å². The Bertz CT molecular complexity index is 13.5. The number of rotatable bonds is 0. The van der Waals surface area contributed by atoms with Crippen LogP contribution in [0.2, 0.25) is 0 Å². The SMILES string of the molecule is [AlH3].[Ba+2].[H-].[H-].[SiH4].[Ti]. The van der Waals surface area contributed by atoms with Crippen LogP contribution in [0.1, 0.15) is 2.85 Å². The second-order valence-corrected chi connectivity index (χ2v) is 0. The van der Waals surface area contributed by atoms with Gasteiger partial charge in [0.25, 0.3) is 0 Å². The van der Waals surface area contributed by atoms with Crippen molar-refractivity contribution in [3.63, 3.8) is 0 Å². The Balaban J connectivity index is 0. The molecule has 0 saturated heterocycles. The van der Waals surface area contributed by atoms with Crippen molar-refractivity contribution in [1.29, 1.82) is 0 Å². The van der Waals surface area contributed by atoms with Crippen LogP contribution in [0.5, 0.6) is 0 Å². The summed E-state index contributed by atoms with van der Waals surface area (Å²) in [6.07, 6.45) is 0. The minimum absolute atomic E-state index is 0. The predicted octanol–water partition coefficient (Wildman–Crippen LogP) is -2.79. The zero-order chi connectivity index (χ0) is 0. The van der Waals surface area contributed by atoms with Gasteiger partial charge in [0, 0.05) is 21.7 Å². The Kier molecular flexibility index (Phi) is 116. The van der Waals surface area contributed by atoms with Gasteiger partial charge in [-0.15, -0.1) is 0 Å². The van der Waals surface area contributed by atoms with Crippen molar-refractivity contribution in [1.82, 2.24) is 0 Å². The third kappa shape index (κ3) is 8.90. The van der Waals surface area contributed by atoms with E-state index in [1.54, 1.807) is 0 Å². The van der Waals surface area contributed by atoms with E-state index in [9.17, 15) is 0 Å². The molecule has 0 saturated carbocycles. The van der Waals surface area contributed by atoms with Gasteiger partial charge in [-0.3, -0.25) is 0 Å². The molecule has 0 fully saturated rings. The Morgan fingerprint density at radius 2 is 1.25 bits per heavy atom. The van der Waals surface area contributed by atoms with E-state index >= 15 is 0 Å². The summed E-state index contributed by atoms with van der Waals surface area (Å²) >= 11 is 0. The van der Waals surface area contributed by atoms with E-state index in [1.807, 2.05) is 0 Å². The molecule has 0 heterocycles. The summed E-state index contributed by atoms with van der Waals surface area (Å²) in [5, 5.41) is 0. The maximum absolute atomic E-state index is 0. The maximum Gasteiger partial charge on any atom is 2.00 e. The Labute approximate surface area is 99.6 Å². The number of hydrogen-bond donors (Lipinski definition) is 0. The molecule has 0 nitrogen and oxygen atoms in total. The summed E-state index contributed by atoms with van der Waals surface area (Å²) in [6.45, 7) is 0. The fourth-order valence-corrected chi connectivity index (χ4v) is 0. The molecule has 0 aliphatic carbocycles. The topological polar surface area (TPSA) is 0 Å². The van der Waals surface area contributed by atoms with Crippen molar-refractivity contribution < 1.29 is 24.6 Å². The zero-order valence-corrected chi connectivity index (χ0v) is 7.21. The largest absolute Gasteiger partial charge is 2.00 e. The molecule has 0 spiro atoms. The predicted molar refractivity (Wildman–Crippen MR) is 29.3 cm³/mol. The van der Waals surface area contributed by atoms with Gasteiger partial charge in [-0.25, -0.2) is 0 Å². The average molecular weight is 249 g/mol. The van der Waals surface area contributed by atoms with Crippen molar-refractivity contribution in [2.45, 2.75) is 0 Å². The van der Waals surface area contributed by atoms with Gasteiger partial charge < -0.3 is 2.85 Å². The molecule has 0 bridgehead atoms. The van der Waals surface area contributed by atoms with Crippen molar-refractivity contribution in [3.8, 4) is 0 Å². The van der Waals surface area contributed by atoms with Crippen LogP contribution in [0.4, 0.5) is 0 Å². The van der Waals surface area contributed by atoms with Crippen LogP contribution >= 0.6 is 0 Å². The summed E-state index contributed by atoms with van der Waals surface area (Å²) in [6, 6.07) is 0. The monoisotopic (exact) mass is 250 g/mol. The second kappa shape index (κ2) is 16.6. The summed E-state index contributed by atoms with van der Waals surface area (Å²) < 4.78 is 0. The minimum atomic E-state index is 0. The van der Waals surface area contributed by atoms with Crippen LogP contribution in [0.15, 0.2) is 0 Å². The van der Waals surface area contributed by atoms with Crippen LogP contribution in [0, 0.1) is 0 Å². The van der Waals surface area contributed by atoms with Crippen molar-refractivity contribution >= 4 is 77.2 Å². The minimum Gasteiger partial charge on any atom is -1.00 e. The standard InChI is InChI=1S/Al.Ba.H4Si.Ti.5H/h;;1H4;;;;;;/q;+2;;;;;;2*-1. The molecular formula is H9AlBaSiTi. The van der Waals surface area contributed by atoms with Crippen molar-refractivity contribution in [2.24, 2.45) is 0 Å². The van der Waals surface area contributed by atoms with E-state index in [4.69, 9.17) is 0 Å². The van der Waals surface area contributed by atoms with Crippen LogP contribution in [-0.2, 0) is 21.7 Å². The molecule has 0 unspecified atom stereocenters. The molecule has 4 heavy (non-hydrogen) atoms. The first-order valence-electron chi connectivity index (χ1n) is 0. The first kappa shape index (κ1) is 27.8. The third-order valence-corrected chi connectivity index (χ3v) is 0. The normalized spacial score (nSPS) is 0. The molecule has 0 amide bonds. The average Bonchev–Trinajstić information content (AvgIpc) is 0. The van der Waals surface area contributed by atoms with Gasteiger partial charge in [-0.05, 0) is 11.0 Å². The first-order chi connectivity index (χ1) is 0. The molecule has 0 rings (SSSR count). The van der Waals surface area contributed by atoms with Gasteiger partial charge in [0.05, 0.1) is 0 Å². The zero-order valence-electron chi connectivity index (χ0n) is 3.21. The summed E-state index contributed by atoms with van der Waals surface area (Å²) in [5.41, 5.74) is 0. The molecule has 0 radical (unpaired) electrons. The van der Waals surface area contributed by atoms with Crippen molar-refractivity contribution in [2.75, 3.05) is 0 Å². The summed E-state index contributed by atoms with van der Waals surface area (Å²) in [5.74, 6) is 0. The Hall–Kier alpha value is 3.04. The second-order valence-electron chi connectivity index (χ2n) is 0. The third-order valence-electron chi connectivity index (χ3n) is 0. The molecule has 0 aromatic rings. The molecular weight excluding hydrogens is 240 g/mol. The molecule has 0 N–H and O–H groups in total.